The van der Waals surface area contributed by atoms with Crippen LogP contribution >= 0.6 is 0 Å². The van der Waals surface area contributed by atoms with Crippen molar-refractivity contribution in [2.75, 3.05) is 6.61 Å². The second-order valence-corrected chi connectivity index (χ2v) is 4.93. The third-order valence-corrected chi connectivity index (χ3v) is 4.07. The first-order valence-electron chi connectivity index (χ1n) is 6.05. The maximum atomic E-state index is 11.9. The van der Waals surface area contributed by atoms with E-state index < -0.39 is 6.09 Å². The number of hydrogen-bond donors (Lipinski definition) is 0. The van der Waals surface area contributed by atoms with E-state index in [1.807, 2.05) is 13.0 Å². The van der Waals surface area contributed by atoms with Crippen LogP contribution in [0.4, 0.5) is 4.79 Å². The molecule has 0 bridgehead atoms. The van der Waals surface area contributed by atoms with Gasteiger partial charge in [-0.2, -0.15) is 0 Å². The van der Waals surface area contributed by atoms with Gasteiger partial charge in [0.05, 0.1) is 24.6 Å². The number of hydrazine groups is 1. The SMILES string of the molecule is CCOC(=O)N1[C@@H]2C=C(C)[C@@H]2[C@@H]2[C@@H](C)C(=O)N21. The van der Waals surface area contributed by atoms with Crippen molar-refractivity contribution in [1.29, 1.82) is 0 Å². The molecule has 3 rings (SSSR count). The highest BCUT2D eigenvalue weighted by molar-refractivity contribution is 5.89. The monoisotopic (exact) mass is 236 g/mol. The number of β-lactam (4-membered cyclic amide) rings is 1. The molecule has 2 aliphatic heterocycles. The zero-order valence-corrected chi connectivity index (χ0v) is 10.2. The molecule has 2 saturated heterocycles. The number of rotatable bonds is 1. The number of nitrogens with zero attached hydrogens (tertiary/aromatic N) is 2. The summed E-state index contributed by atoms with van der Waals surface area (Å²) in [5, 5.41) is 3.08. The highest BCUT2D eigenvalue weighted by Crippen LogP contribution is 2.51. The maximum Gasteiger partial charge on any atom is 0.429 e. The summed E-state index contributed by atoms with van der Waals surface area (Å²) in [7, 11) is 0. The molecule has 0 aromatic rings. The van der Waals surface area contributed by atoms with Crippen LogP contribution in [-0.4, -0.2) is 40.7 Å². The lowest BCUT2D eigenvalue weighted by Gasteiger charge is -2.44. The summed E-state index contributed by atoms with van der Waals surface area (Å²) in [6.07, 6.45) is 1.63. The molecule has 4 atom stereocenters. The van der Waals surface area contributed by atoms with Crippen molar-refractivity contribution in [2.24, 2.45) is 11.8 Å². The van der Waals surface area contributed by atoms with E-state index in [0.717, 1.165) is 0 Å². The Morgan fingerprint density at radius 3 is 2.82 bits per heavy atom. The van der Waals surface area contributed by atoms with Gasteiger partial charge in [-0.15, -0.1) is 0 Å². The molecule has 5 nitrogen and oxygen atoms in total. The summed E-state index contributed by atoms with van der Waals surface area (Å²) in [6, 6.07) is 0.176. The molecular weight excluding hydrogens is 220 g/mol. The molecular formula is C12H16N2O3. The van der Waals surface area contributed by atoms with Crippen molar-refractivity contribution in [2.45, 2.75) is 32.9 Å². The van der Waals surface area contributed by atoms with Crippen molar-refractivity contribution in [3.05, 3.63) is 11.6 Å². The van der Waals surface area contributed by atoms with Gasteiger partial charge in [-0.05, 0) is 13.8 Å². The van der Waals surface area contributed by atoms with Crippen molar-refractivity contribution >= 4 is 12.0 Å². The number of carbonyl (C=O) groups is 2. The Balaban J connectivity index is 1.90. The molecule has 17 heavy (non-hydrogen) atoms. The third-order valence-electron chi connectivity index (χ3n) is 4.07. The van der Waals surface area contributed by atoms with E-state index >= 15 is 0 Å². The van der Waals surface area contributed by atoms with Gasteiger partial charge in [0.1, 0.15) is 0 Å². The van der Waals surface area contributed by atoms with Crippen molar-refractivity contribution in [3.8, 4) is 0 Å². The van der Waals surface area contributed by atoms with Crippen LogP contribution in [-0.2, 0) is 9.53 Å². The molecule has 0 spiro atoms. The Kier molecular flexibility index (Phi) is 2.03. The molecule has 0 saturated carbocycles. The van der Waals surface area contributed by atoms with Gasteiger partial charge in [0.2, 0.25) is 5.91 Å². The minimum Gasteiger partial charge on any atom is -0.448 e. The fraction of sp³-hybridized carbons (Fsp3) is 0.667. The standard InChI is InChI=1S/C12H16N2O3/c1-4-17-12(16)13-8-5-6(2)9(8)10-7(3)11(15)14(10)13/h5,7-10H,4H2,1-3H3/t7-,8-,9+,10+/m1/s1. The van der Waals surface area contributed by atoms with Crippen LogP contribution in [0.1, 0.15) is 20.8 Å². The molecule has 2 fully saturated rings. The summed E-state index contributed by atoms with van der Waals surface area (Å²) >= 11 is 0. The second-order valence-electron chi connectivity index (χ2n) is 4.93. The lowest BCUT2D eigenvalue weighted by atomic mass is 9.71. The lowest BCUT2D eigenvalue weighted by Crippen LogP contribution is -2.63. The largest absolute Gasteiger partial charge is 0.448 e. The van der Waals surface area contributed by atoms with Gasteiger partial charge >= 0.3 is 6.09 Å². The first-order chi connectivity index (χ1) is 8.07. The number of fused-ring (bicyclic) bond motifs is 3. The molecule has 2 amide bonds. The molecule has 0 aromatic carbocycles. The molecule has 2 heterocycles. The fourth-order valence-electron chi connectivity index (χ4n) is 3.22. The Morgan fingerprint density at radius 1 is 1.53 bits per heavy atom. The molecule has 92 valence electrons. The van der Waals surface area contributed by atoms with E-state index in [1.54, 1.807) is 11.9 Å². The normalized spacial score (nSPS) is 37.8. The Bertz CT molecular complexity index is 431. The molecule has 0 radical (unpaired) electrons. The number of hydrogen-bond acceptors (Lipinski definition) is 3. The van der Waals surface area contributed by atoms with Crippen LogP contribution in [0.2, 0.25) is 0 Å². The zero-order valence-electron chi connectivity index (χ0n) is 10.2. The zero-order chi connectivity index (χ0) is 12.3. The Hall–Kier alpha value is -1.52. The smallest absolute Gasteiger partial charge is 0.429 e. The highest BCUT2D eigenvalue weighted by Gasteiger charge is 2.64. The average molecular weight is 236 g/mol. The summed E-state index contributed by atoms with van der Waals surface area (Å²) < 4.78 is 5.01. The summed E-state index contributed by atoms with van der Waals surface area (Å²) in [5.74, 6) is 0.358. The Morgan fingerprint density at radius 2 is 2.24 bits per heavy atom. The van der Waals surface area contributed by atoms with E-state index in [9.17, 15) is 9.59 Å². The van der Waals surface area contributed by atoms with E-state index in [0.29, 0.717) is 12.5 Å². The topological polar surface area (TPSA) is 49.9 Å². The molecule has 0 aromatic heterocycles. The predicted molar refractivity (Wildman–Crippen MR) is 59.7 cm³/mol. The number of ether oxygens (including phenoxy) is 1. The highest BCUT2D eigenvalue weighted by atomic mass is 16.6. The third kappa shape index (κ3) is 1.09. The second kappa shape index (κ2) is 3.24. The van der Waals surface area contributed by atoms with Gasteiger partial charge in [0.25, 0.3) is 0 Å². The van der Waals surface area contributed by atoms with Crippen LogP contribution in [0.3, 0.4) is 0 Å². The molecule has 0 N–H and O–H groups in total. The van der Waals surface area contributed by atoms with Crippen molar-refractivity contribution in [3.63, 3.8) is 0 Å². The van der Waals surface area contributed by atoms with Gasteiger partial charge in [0, 0.05) is 5.92 Å². The van der Waals surface area contributed by atoms with E-state index in [1.165, 1.54) is 10.6 Å². The average Bonchev–Trinajstić information content (AvgIpc) is 2.55. The molecule has 0 unspecified atom stereocenters. The minimum absolute atomic E-state index is 0.0191. The lowest BCUT2D eigenvalue weighted by molar-refractivity contribution is -0.172. The van der Waals surface area contributed by atoms with Crippen LogP contribution < -0.4 is 0 Å². The Labute approximate surface area is 100.0 Å². The fourth-order valence-corrected chi connectivity index (χ4v) is 3.22. The van der Waals surface area contributed by atoms with Crippen molar-refractivity contribution in [1.82, 2.24) is 10.0 Å². The van der Waals surface area contributed by atoms with Crippen LogP contribution in [0.15, 0.2) is 11.6 Å². The summed E-state index contributed by atoms with van der Waals surface area (Å²) in [6.45, 7) is 6.09. The number of carbonyl (C=O) groups excluding carboxylic acids is 2. The van der Waals surface area contributed by atoms with Crippen LogP contribution in [0.5, 0.6) is 0 Å². The van der Waals surface area contributed by atoms with E-state index in [4.69, 9.17) is 4.74 Å². The summed E-state index contributed by atoms with van der Waals surface area (Å²) in [5.41, 5.74) is 1.27. The molecule has 3 aliphatic rings. The predicted octanol–water partition coefficient (Wildman–Crippen LogP) is 1.17. The summed E-state index contributed by atoms with van der Waals surface area (Å²) in [4.78, 5) is 23.7. The first kappa shape index (κ1) is 10.6. The van der Waals surface area contributed by atoms with Crippen LogP contribution in [0, 0.1) is 11.8 Å². The van der Waals surface area contributed by atoms with Gasteiger partial charge in [-0.25, -0.2) is 14.8 Å². The minimum atomic E-state index is -0.408. The van der Waals surface area contributed by atoms with Gasteiger partial charge in [0.15, 0.2) is 0 Å². The van der Waals surface area contributed by atoms with E-state index in [-0.39, 0.29) is 23.9 Å². The quantitative estimate of drug-likeness (QED) is 0.507. The molecule has 5 heteroatoms. The van der Waals surface area contributed by atoms with E-state index in [2.05, 4.69) is 6.92 Å². The maximum absolute atomic E-state index is 11.9. The van der Waals surface area contributed by atoms with Crippen molar-refractivity contribution < 1.29 is 14.3 Å². The first-order valence-corrected chi connectivity index (χ1v) is 6.05. The van der Waals surface area contributed by atoms with Crippen LogP contribution in [0.25, 0.3) is 0 Å². The number of amides is 2. The van der Waals surface area contributed by atoms with Gasteiger partial charge < -0.3 is 4.74 Å². The molecule has 1 aliphatic carbocycles. The van der Waals surface area contributed by atoms with Gasteiger partial charge in [-0.1, -0.05) is 18.6 Å². The van der Waals surface area contributed by atoms with Gasteiger partial charge in [-0.3, -0.25) is 4.79 Å².